The second-order valence-corrected chi connectivity index (χ2v) is 5.46. The quantitative estimate of drug-likeness (QED) is 0.746. The van der Waals surface area contributed by atoms with Gasteiger partial charge in [0.2, 0.25) is 0 Å². The summed E-state index contributed by atoms with van der Waals surface area (Å²) in [5.41, 5.74) is 0.812. The molecule has 1 N–H and O–H groups in total. The fraction of sp³-hybridized carbons (Fsp3) is 0.167. The lowest BCUT2D eigenvalue weighted by atomic mass is 10.2. The van der Waals surface area contributed by atoms with Crippen LogP contribution in [0.3, 0.4) is 0 Å². The number of hydrogen-bond acceptors (Lipinski definition) is 6. The van der Waals surface area contributed by atoms with Crippen molar-refractivity contribution in [3.8, 4) is 5.75 Å². The lowest BCUT2D eigenvalue weighted by Crippen LogP contribution is -2.23. The molecule has 0 aromatic heterocycles. The molecule has 0 aliphatic rings. The van der Waals surface area contributed by atoms with Gasteiger partial charge in [-0.15, -0.1) is 0 Å². The van der Waals surface area contributed by atoms with Gasteiger partial charge in [-0.3, -0.25) is 4.79 Å². The Kier molecular flexibility index (Phi) is 6.99. The highest BCUT2D eigenvalue weighted by Crippen LogP contribution is 2.15. The molecular weight excluding hydrogens is 362 g/mol. The van der Waals surface area contributed by atoms with Crippen molar-refractivity contribution in [2.24, 2.45) is 0 Å². The van der Waals surface area contributed by atoms with Crippen LogP contribution in [0.15, 0.2) is 48.5 Å². The van der Waals surface area contributed by atoms with Crippen molar-refractivity contribution in [2.45, 2.75) is 0 Å². The number of hydrogen-bond donors (Lipinski definition) is 1. The summed E-state index contributed by atoms with van der Waals surface area (Å²) in [5.74, 6) is -1.22. The van der Waals surface area contributed by atoms with E-state index in [-0.39, 0.29) is 6.61 Å². The van der Waals surface area contributed by atoms with Gasteiger partial charge in [0.05, 0.1) is 12.7 Å². The molecule has 0 aliphatic heterocycles. The molecule has 8 heteroatoms. The predicted molar refractivity (Wildman–Crippen MR) is 94.3 cm³/mol. The van der Waals surface area contributed by atoms with Crippen LogP contribution in [-0.2, 0) is 19.1 Å². The smallest absolute Gasteiger partial charge is 0.344 e. The van der Waals surface area contributed by atoms with Crippen molar-refractivity contribution in [3.05, 3.63) is 59.1 Å². The molecule has 7 nitrogen and oxygen atoms in total. The SMILES string of the molecule is COC(=O)c1ccc(NC(=O)COC(=O)COc2ccc(Cl)cc2)cc1. The zero-order chi connectivity index (χ0) is 18.9. The maximum Gasteiger partial charge on any atom is 0.344 e. The third-order valence-electron chi connectivity index (χ3n) is 3.12. The van der Waals surface area contributed by atoms with Gasteiger partial charge in [0.15, 0.2) is 13.2 Å². The Hall–Kier alpha value is -3.06. The molecule has 0 fully saturated rings. The highest BCUT2D eigenvalue weighted by Gasteiger charge is 2.10. The fourth-order valence-electron chi connectivity index (χ4n) is 1.87. The normalized spacial score (nSPS) is 9.92. The molecular formula is C18H16ClNO6. The fourth-order valence-corrected chi connectivity index (χ4v) is 1.99. The largest absolute Gasteiger partial charge is 0.482 e. The number of carbonyl (C=O) groups is 3. The molecule has 0 aliphatic carbocycles. The first-order valence-corrected chi connectivity index (χ1v) is 7.88. The summed E-state index contributed by atoms with van der Waals surface area (Å²) in [5, 5.41) is 3.09. The third kappa shape index (κ3) is 6.10. The van der Waals surface area contributed by atoms with Crippen molar-refractivity contribution in [1.29, 1.82) is 0 Å². The van der Waals surface area contributed by atoms with E-state index < -0.39 is 24.5 Å². The molecule has 2 rings (SSSR count). The van der Waals surface area contributed by atoms with E-state index in [0.717, 1.165) is 0 Å². The van der Waals surface area contributed by atoms with Crippen LogP contribution in [0, 0.1) is 0 Å². The Morgan fingerprint density at radius 1 is 0.962 bits per heavy atom. The summed E-state index contributed by atoms with van der Waals surface area (Å²) in [6.45, 7) is -0.787. The van der Waals surface area contributed by atoms with Crippen LogP contribution in [-0.4, -0.2) is 38.2 Å². The predicted octanol–water partition coefficient (Wildman–Crippen LogP) is 2.69. The van der Waals surface area contributed by atoms with Crippen molar-refractivity contribution in [3.63, 3.8) is 0 Å². The van der Waals surface area contributed by atoms with Crippen molar-refractivity contribution in [2.75, 3.05) is 25.6 Å². The first-order valence-electron chi connectivity index (χ1n) is 7.50. The summed E-state index contributed by atoms with van der Waals surface area (Å²) >= 11 is 5.74. The molecule has 26 heavy (non-hydrogen) atoms. The van der Waals surface area contributed by atoms with E-state index in [1.54, 1.807) is 24.3 Å². The molecule has 0 unspecified atom stereocenters. The Balaban J connectivity index is 1.73. The molecule has 2 aromatic carbocycles. The maximum absolute atomic E-state index is 11.8. The molecule has 2 aromatic rings. The summed E-state index contributed by atoms with van der Waals surface area (Å²) in [6, 6.07) is 12.6. The monoisotopic (exact) mass is 377 g/mol. The number of rotatable bonds is 7. The number of halogens is 1. The molecule has 0 spiro atoms. The molecule has 0 bridgehead atoms. The molecule has 0 atom stereocenters. The van der Waals surface area contributed by atoms with Gasteiger partial charge >= 0.3 is 11.9 Å². The molecule has 0 heterocycles. The van der Waals surface area contributed by atoms with E-state index in [0.29, 0.717) is 22.0 Å². The van der Waals surface area contributed by atoms with Gasteiger partial charge in [-0.1, -0.05) is 11.6 Å². The first-order chi connectivity index (χ1) is 12.5. The average molecular weight is 378 g/mol. The van der Waals surface area contributed by atoms with Gasteiger partial charge < -0.3 is 19.5 Å². The number of anilines is 1. The second-order valence-electron chi connectivity index (χ2n) is 5.02. The maximum atomic E-state index is 11.8. The van der Waals surface area contributed by atoms with Gasteiger partial charge in [-0.2, -0.15) is 0 Å². The molecule has 0 saturated heterocycles. The third-order valence-corrected chi connectivity index (χ3v) is 3.38. The lowest BCUT2D eigenvalue weighted by molar-refractivity contribution is -0.149. The van der Waals surface area contributed by atoms with E-state index in [1.165, 1.54) is 31.4 Å². The van der Waals surface area contributed by atoms with Crippen LogP contribution >= 0.6 is 11.6 Å². The minimum Gasteiger partial charge on any atom is -0.482 e. The highest BCUT2D eigenvalue weighted by atomic mass is 35.5. The minimum absolute atomic E-state index is 0.331. The number of esters is 2. The van der Waals surface area contributed by atoms with E-state index in [1.807, 2.05) is 0 Å². The molecule has 0 saturated carbocycles. The van der Waals surface area contributed by atoms with Crippen LogP contribution in [0.5, 0.6) is 5.75 Å². The summed E-state index contributed by atoms with van der Waals surface area (Å²) in [7, 11) is 1.28. The van der Waals surface area contributed by atoms with Crippen LogP contribution < -0.4 is 10.1 Å². The zero-order valence-corrected chi connectivity index (χ0v) is 14.6. The highest BCUT2D eigenvalue weighted by molar-refractivity contribution is 6.30. The summed E-state index contributed by atoms with van der Waals surface area (Å²) < 4.78 is 14.6. The first kappa shape index (κ1) is 19.3. The second kappa shape index (κ2) is 9.43. The molecule has 1 amide bonds. The van der Waals surface area contributed by atoms with Gasteiger partial charge in [0, 0.05) is 10.7 Å². The minimum atomic E-state index is -0.684. The standard InChI is InChI=1S/C18H16ClNO6/c1-24-18(23)12-2-6-14(7-3-12)20-16(21)10-26-17(22)11-25-15-8-4-13(19)5-9-15/h2-9H,10-11H2,1H3,(H,20,21). The van der Waals surface area contributed by atoms with Gasteiger partial charge in [0.25, 0.3) is 5.91 Å². The van der Waals surface area contributed by atoms with E-state index >= 15 is 0 Å². The number of nitrogens with one attached hydrogen (secondary N) is 1. The number of amides is 1. The van der Waals surface area contributed by atoms with Crippen LogP contribution in [0.1, 0.15) is 10.4 Å². The number of carbonyl (C=O) groups excluding carboxylic acids is 3. The summed E-state index contributed by atoms with van der Waals surface area (Å²) in [6.07, 6.45) is 0. The number of benzene rings is 2. The zero-order valence-electron chi connectivity index (χ0n) is 13.9. The number of methoxy groups -OCH3 is 1. The summed E-state index contributed by atoms with van der Waals surface area (Å²) in [4.78, 5) is 34.7. The van der Waals surface area contributed by atoms with Crippen LogP contribution in [0.4, 0.5) is 5.69 Å². The van der Waals surface area contributed by atoms with E-state index in [2.05, 4.69) is 10.1 Å². The Morgan fingerprint density at radius 2 is 1.62 bits per heavy atom. The Labute approximate surface area is 154 Å². The van der Waals surface area contributed by atoms with Gasteiger partial charge in [0.1, 0.15) is 5.75 Å². The van der Waals surface area contributed by atoms with Crippen LogP contribution in [0.2, 0.25) is 5.02 Å². The topological polar surface area (TPSA) is 90.9 Å². The van der Waals surface area contributed by atoms with Gasteiger partial charge in [-0.25, -0.2) is 9.59 Å². The molecule has 0 radical (unpaired) electrons. The van der Waals surface area contributed by atoms with Crippen molar-refractivity contribution >= 4 is 35.1 Å². The Bertz CT molecular complexity index is 773. The van der Waals surface area contributed by atoms with E-state index in [4.69, 9.17) is 21.1 Å². The number of ether oxygens (including phenoxy) is 3. The van der Waals surface area contributed by atoms with Crippen molar-refractivity contribution in [1.82, 2.24) is 0 Å². The van der Waals surface area contributed by atoms with Crippen LogP contribution in [0.25, 0.3) is 0 Å². The lowest BCUT2D eigenvalue weighted by Gasteiger charge is -2.08. The van der Waals surface area contributed by atoms with Gasteiger partial charge in [-0.05, 0) is 48.5 Å². The van der Waals surface area contributed by atoms with Crippen molar-refractivity contribution < 1.29 is 28.6 Å². The average Bonchev–Trinajstić information content (AvgIpc) is 2.66. The molecule has 136 valence electrons. The Morgan fingerprint density at radius 3 is 2.23 bits per heavy atom. The van der Waals surface area contributed by atoms with E-state index in [9.17, 15) is 14.4 Å².